The number of rotatable bonds is 6. The Morgan fingerprint density at radius 1 is 1.27 bits per heavy atom. The van der Waals surface area contributed by atoms with E-state index in [0.29, 0.717) is 0 Å². The monoisotopic (exact) mass is 338 g/mol. The van der Waals surface area contributed by atoms with Gasteiger partial charge >= 0.3 is 6.18 Å². The molecule has 2 N–H and O–H groups in total. The van der Waals surface area contributed by atoms with Crippen LogP contribution in [0.3, 0.4) is 0 Å². The number of amides is 1. The molecule has 0 radical (unpaired) electrons. The lowest BCUT2D eigenvalue weighted by Gasteiger charge is -2.17. The molecule has 1 aromatic rings. The molecule has 0 aliphatic rings. The average molecular weight is 338 g/mol. The molecule has 9 heteroatoms. The summed E-state index contributed by atoms with van der Waals surface area (Å²) < 4.78 is 62.3. The quantitative estimate of drug-likeness (QED) is 0.821. The third-order valence-corrected chi connectivity index (χ3v) is 3.42. The van der Waals surface area contributed by atoms with Crippen molar-refractivity contribution >= 4 is 15.9 Å². The van der Waals surface area contributed by atoms with E-state index >= 15 is 0 Å². The molecule has 0 heterocycles. The second-order valence-corrected chi connectivity index (χ2v) is 6.75. The van der Waals surface area contributed by atoms with Crippen LogP contribution in [-0.4, -0.2) is 33.2 Å². The lowest BCUT2D eigenvalue weighted by molar-refractivity contribution is -0.138. The Morgan fingerprint density at radius 2 is 1.86 bits per heavy atom. The summed E-state index contributed by atoms with van der Waals surface area (Å²) in [6.45, 7) is 1.09. The Balaban J connectivity index is 2.66. The van der Waals surface area contributed by atoms with Crippen LogP contribution in [0.1, 0.15) is 18.1 Å². The van der Waals surface area contributed by atoms with Crippen LogP contribution in [0, 0.1) is 0 Å². The third kappa shape index (κ3) is 6.44. The first-order valence-electron chi connectivity index (χ1n) is 6.38. The van der Waals surface area contributed by atoms with Gasteiger partial charge < -0.3 is 5.32 Å². The van der Waals surface area contributed by atoms with Gasteiger partial charge in [0.2, 0.25) is 15.9 Å². The van der Waals surface area contributed by atoms with Crippen LogP contribution in [0.15, 0.2) is 24.3 Å². The van der Waals surface area contributed by atoms with Crippen molar-refractivity contribution in [3.63, 3.8) is 0 Å². The Morgan fingerprint density at radius 3 is 2.41 bits per heavy atom. The largest absolute Gasteiger partial charge is 0.416 e. The number of hydrogen-bond donors (Lipinski definition) is 2. The summed E-state index contributed by atoms with van der Waals surface area (Å²) in [5.41, 5.74) is -0.677. The molecule has 0 aliphatic heterocycles. The van der Waals surface area contributed by atoms with Crippen molar-refractivity contribution in [2.75, 3.05) is 12.8 Å². The maximum Gasteiger partial charge on any atom is 0.416 e. The molecule has 1 amide bonds. The molecule has 1 aromatic carbocycles. The van der Waals surface area contributed by atoms with Crippen LogP contribution in [0.25, 0.3) is 0 Å². The molecule has 0 bridgehead atoms. The fraction of sp³-hybridized carbons (Fsp3) is 0.462. The molecule has 5 nitrogen and oxygen atoms in total. The highest BCUT2D eigenvalue weighted by molar-refractivity contribution is 7.88. The molecule has 1 atom stereocenters. The summed E-state index contributed by atoms with van der Waals surface area (Å²) in [5, 5.41) is 2.45. The molecule has 22 heavy (non-hydrogen) atoms. The minimum Gasteiger partial charge on any atom is -0.352 e. The number of halogens is 3. The summed E-state index contributed by atoms with van der Waals surface area (Å²) in [6.07, 6.45) is -3.57. The fourth-order valence-electron chi connectivity index (χ4n) is 1.88. The maximum atomic E-state index is 12.8. The van der Waals surface area contributed by atoms with E-state index < -0.39 is 40.3 Å². The van der Waals surface area contributed by atoms with E-state index in [1.807, 2.05) is 4.72 Å². The smallest absolute Gasteiger partial charge is 0.352 e. The number of benzene rings is 1. The Kier molecular flexibility index (Phi) is 5.95. The highest BCUT2D eigenvalue weighted by Crippen LogP contribution is 2.32. The van der Waals surface area contributed by atoms with Crippen LogP contribution in [-0.2, 0) is 27.4 Å². The molecule has 1 rings (SSSR count). The minimum absolute atomic E-state index is 0.0136. The van der Waals surface area contributed by atoms with Crippen LogP contribution in [0.2, 0.25) is 0 Å². The SMILES string of the molecule is C[C@@H](Cc1ccccc1C(F)(F)F)NC(=O)CNS(C)(=O)=O. The zero-order valence-electron chi connectivity index (χ0n) is 12.1. The average Bonchev–Trinajstić information content (AvgIpc) is 2.34. The van der Waals surface area contributed by atoms with E-state index in [9.17, 15) is 26.4 Å². The highest BCUT2D eigenvalue weighted by atomic mass is 32.2. The summed E-state index contributed by atoms with van der Waals surface area (Å²) >= 11 is 0. The van der Waals surface area contributed by atoms with Crippen molar-refractivity contribution in [3.8, 4) is 0 Å². The van der Waals surface area contributed by atoms with Gasteiger partial charge in [-0.25, -0.2) is 13.1 Å². The number of hydrogen-bond acceptors (Lipinski definition) is 3. The van der Waals surface area contributed by atoms with Crippen LogP contribution < -0.4 is 10.0 Å². The van der Waals surface area contributed by atoms with Gasteiger partial charge in [-0.05, 0) is 25.0 Å². The highest BCUT2D eigenvalue weighted by Gasteiger charge is 2.33. The zero-order valence-corrected chi connectivity index (χ0v) is 12.9. The van der Waals surface area contributed by atoms with Crippen LogP contribution in [0.4, 0.5) is 13.2 Å². The van der Waals surface area contributed by atoms with Gasteiger partial charge in [-0.15, -0.1) is 0 Å². The molecule has 0 saturated carbocycles. The van der Waals surface area contributed by atoms with E-state index in [-0.39, 0.29) is 12.0 Å². The third-order valence-electron chi connectivity index (χ3n) is 2.75. The Labute approximate surface area is 127 Å². The number of sulfonamides is 1. The van der Waals surface area contributed by atoms with Gasteiger partial charge in [-0.3, -0.25) is 4.79 Å². The van der Waals surface area contributed by atoms with Crippen molar-refractivity contribution in [1.29, 1.82) is 0 Å². The number of nitrogens with one attached hydrogen (secondary N) is 2. The molecule has 124 valence electrons. The number of carbonyl (C=O) groups excluding carboxylic acids is 1. The van der Waals surface area contributed by atoms with Gasteiger partial charge in [-0.1, -0.05) is 18.2 Å². The standard InChI is InChI=1S/C13H17F3N2O3S/c1-9(18-12(19)8-17-22(2,20)21)7-10-5-3-4-6-11(10)13(14,15)16/h3-6,9,17H,7-8H2,1-2H3,(H,18,19)/t9-/m0/s1. The Hall–Kier alpha value is -1.61. The molecule has 0 fully saturated rings. The summed E-state index contributed by atoms with van der Waals surface area (Å²) in [6, 6.07) is 4.54. The van der Waals surface area contributed by atoms with Crippen molar-refractivity contribution in [2.24, 2.45) is 0 Å². The predicted molar refractivity (Wildman–Crippen MR) is 75.6 cm³/mol. The van der Waals surface area contributed by atoms with Gasteiger partial charge in [0.1, 0.15) is 0 Å². The lowest BCUT2D eigenvalue weighted by Crippen LogP contribution is -2.41. The van der Waals surface area contributed by atoms with Crippen molar-refractivity contribution in [3.05, 3.63) is 35.4 Å². The fourth-order valence-corrected chi connectivity index (χ4v) is 2.27. The molecule has 0 aromatic heterocycles. The predicted octanol–water partition coefficient (Wildman–Crippen LogP) is 1.30. The summed E-state index contributed by atoms with van der Waals surface area (Å²) in [7, 11) is -3.50. The van der Waals surface area contributed by atoms with Gasteiger partial charge in [0.15, 0.2) is 0 Å². The number of alkyl halides is 3. The van der Waals surface area contributed by atoms with Crippen LogP contribution >= 0.6 is 0 Å². The molecular formula is C13H17F3N2O3S. The van der Waals surface area contributed by atoms with E-state index in [1.54, 1.807) is 6.92 Å². The van der Waals surface area contributed by atoms with Gasteiger partial charge in [0.25, 0.3) is 0 Å². The normalized spacial score (nSPS) is 13.7. The number of carbonyl (C=O) groups is 1. The molecule has 0 unspecified atom stereocenters. The van der Waals surface area contributed by atoms with Crippen molar-refractivity contribution in [2.45, 2.75) is 25.6 Å². The van der Waals surface area contributed by atoms with E-state index in [4.69, 9.17) is 0 Å². The topological polar surface area (TPSA) is 75.3 Å². The molecule has 0 aliphatic carbocycles. The first-order chi connectivity index (χ1) is 9.99. The van der Waals surface area contributed by atoms with Crippen LogP contribution in [0.5, 0.6) is 0 Å². The second-order valence-electron chi connectivity index (χ2n) is 4.92. The van der Waals surface area contributed by atoms with E-state index in [0.717, 1.165) is 12.3 Å². The lowest BCUT2D eigenvalue weighted by atomic mass is 10.0. The van der Waals surface area contributed by atoms with Gasteiger partial charge in [0.05, 0.1) is 18.4 Å². The molecular weight excluding hydrogens is 321 g/mol. The summed E-state index contributed by atoms with van der Waals surface area (Å²) in [4.78, 5) is 11.5. The maximum absolute atomic E-state index is 12.8. The van der Waals surface area contributed by atoms with E-state index in [2.05, 4.69) is 5.32 Å². The first-order valence-corrected chi connectivity index (χ1v) is 8.27. The van der Waals surface area contributed by atoms with E-state index in [1.165, 1.54) is 18.2 Å². The Bertz CT molecular complexity index is 630. The first kappa shape index (κ1) is 18.4. The molecule has 0 spiro atoms. The molecule has 0 saturated heterocycles. The zero-order chi connectivity index (χ0) is 17.0. The van der Waals surface area contributed by atoms with Gasteiger partial charge in [0, 0.05) is 6.04 Å². The van der Waals surface area contributed by atoms with Crippen molar-refractivity contribution < 1.29 is 26.4 Å². The van der Waals surface area contributed by atoms with Crippen molar-refractivity contribution in [1.82, 2.24) is 10.0 Å². The van der Waals surface area contributed by atoms with Gasteiger partial charge in [-0.2, -0.15) is 13.2 Å². The summed E-state index contributed by atoms with van der Waals surface area (Å²) in [5.74, 6) is -0.609. The minimum atomic E-state index is -4.46. The second kappa shape index (κ2) is 7.10.